The molecule has 1 fully saturated rings. The fourth-order valence-corrected chi connectivity index (χ4v) is 2.36. The smallest absolute Gasteiger partial charge is 0.106 e. The van der Waals surface area contributed by atoms with Crippen molar-refractivity contribution in [3.05, 3.63) is 71.3 Å². The first-order valence-electron chi connectivity index (χ1n) is 6.74. The van der Waals surface area contributed by atoms with Crippen LogP contribution in [-0.2, 0) is 15.9 Å². The third-order valence-electron chi connectivity index (χ3n) is 3.42. The zero-order valence-corrected chi connectivity index (χ0v) is 10.9. The van der Waals surface area contributed by atoms with Crippen molar-refractivity contribution in [2.45, 2.75) is 12.5 Å². The molecule has 1 atom stereocenters. The van der Waals surface area contributed by atoms with Gasteiger partial charge >= 0.3 is 0 Å². The van der Waals surface area contributed by atoms with Crippen LogP contribution in [0.3, 0.4) is 0 Å². The standard InChI is InChI=1S/C17H18O2/c1-2-4-14(5-3-1)12-15-6-8-16(9-7-15)17-13-18-10-11-19-17/h1-9,17H,10-13H2. The van der Waals surface area contributed by atoms with E-state index in [-0.39, 0.29) is 6.10 Å². The normalized spacial score (nSPS) is 19.3. The Balaban J connectivity index is 1.68. The molecule has 0 radical (unpaired) electrons. The molecule has 1 unspecified atom stereocenters. The number of hydrogen-bond acceptors (Lipinski definition) is 2. The third kappa shape index (κ3) is 3.22. The molecule has 1 heterocycles. The summed E-state index contributed by atoms with van der Waals surface area (Å²) in [6, 6.07) is 19.2. The van der Waals surface area contributed by atoms with Crippen LogP contribution in [0.4, 0.5) is 0 Å². The maximum absolute atomic E-state index is 5.70. The zero-order chi connectivity index (χ0) is 12.9. The van der Waals surface area contributed by atoms with Crippen molar-refractivity contribution in [3.63, 3.8) is 0 Å². The summed E-state index contributed by atoms with van der Waals surface area (Å²) in [7, 11) is 0. The molecule has 2 nitrogen and oxygen atoms in total. The molecule has 1 aliphatic rings. The van der Waals surface area contributed by atoms with Gasteiger partial charge in [0.15, 0.2) is 0 Å². The second-order valence-corrected chi connectivity index (χ2v) is 4.84. The fraction of sp³-hybridized carbons (Fsp3) is 0.294. The molecule has 0 aromatic heterocycles. The highest BCUT2D eigenvalue weighted by Gasteiger charge is 2.16. The van der Waals surface area contributed by atoms with Crippen LogP contribution in [0, 0.1) is 0 Å². The van der Waals surface area contributed by atoms with Gasteiger partial charge in [-0.25, -0.2) is 0 Å². The van der Waals surface area contributed by atoms with Gasteiger partial charge in [-0.2, -0.15) is 0 Å². The topological polar surface area (TPSA) is 18.5 Å². The molecular weight excluding hydrogens is 236 g/mol. The van der Waals surface area contributed by atoms with E-state index in [0.29, 0.717) is 19.8 Å². The SMILES string of the molecule is c1ccc(Cc2ccc(C3COCCO3)cc2)cc1. The van der Waals surface area contributed by atoms with Gasteiger partial charge in [-0.1, -0.05) is 54.6 Å². The van der Waals surface area contributed by atoms with Crippen LogP contribution in [0.15, 0.2) is 54.6 Å². The highest BCUT2D eigenvalue weighted by Crippen LogP contribution is 2.21. The van der Waals surface area contributed by atoms with Gasteiger partial charge in [-0.15, -0.1) is 0 Å². The molecule has 2 heteroatoms. The summed E-state index contributed by atoms with van der Waals surface area (Å²) >= 11 is 0. The molecule has 2 aromatic carbocycles. The Hall–Kier alpha value is -1.64. The number of ether oxygens (including phenoxy) is 2. The van der Waals surface area contributed by atoms with Gasteiger partial charge in [-0.3, -0.25) is 0 Å². The first-order valence-corrected chi connectivity index (χ1v) is 6.74. The lowest BCUT2D eigenvalue weighted by atomic mass is 10.0. The molecule has 3 rings (SSSR count). The number of benzene rings is 2. The summed E-state index contributed by atoms with van der Waals surface area (Å²) in [6.07, 6.45) is 1.07. The van der Waals surface area contributed by atoms with E-state index in [1.54, 1.807) is 0 Å². The van der Waals surface area contributed by atoms with Crippen LogP contribution in [0.1, 0.15) is 22.8 Å². The first kappa shape index (κ1) is 12.4. The Morgan fingerprint density at radius 1 is 0.842 bits per heavy atom. The average Bonchev–Trinajstić information content (AvgIpc) is 2.50. The molecule has 2 aromatic rings. The third-order valence-corrected chi connectivity index (χ3v) is 3.42. The van der Waals surface area contributed by atoms with Crippen LogP contribution in [0.5, 0.6) is 0 Å². The van der Waals surface area contributed by atoms with Crippen molar-refractivity contribution in [2.24, 2.45) is 0 Å². The summed E-state index contributed by atoms with van der Waals surface area (Å²) in [4.78, 5) is 0. The van der Waals surface area contributed by atoms with Gasteiger partial charge in [0.1, 0.15) is 6.10 Å². The Labute approximate surface area is 114 Å². The van der Waals surface area contributed by atoms with E-state index < -0.39 is 0 Å². The van der Waals surface area contributed by atoms with Gasteiger partial charge in [0, 0.05) is 0 Å². The molecule has 0 saturated carbocycles. The molecule has 0 aliphatic carbocycles. The van der Waals surface area contributed by atoms with Crippen LogP contribution in [0.25, 0.3) is 0 Å². The zero-order valence-electron chi connectivity index (χ0n) is 10.9. The molecule has 0 spiro atoms. The van der Waals surface area contributed by atoms with Crippen LogP contribution < -0.4 is 0 Å². The summed E-state index contributed by atoms with van der Waals surface area (Å²) < 4.78 is 11.1. The van der Waals surface area contributed by atoms with Crippen molar-refractivity contribution in [1.82, 2.24) is 0 Å². The molecule has 0 amide bonds. The van der Waals surface area contributed by atoms with Crippen molar-refractivity contribution in [1.29, 1.82) is 0 Å². The Bertz CT molecular complexity index is 499. The van der Waals surface area contributed by atoms with E-state index >= 15 is 0 Å². The largest absolute Gasteiger partial charge is 0.376 e. The predicted octanol–water partition coefficient (Wildman–Crippen LogP) is 3.37. The Morgan fingerprint density at radius 3 is 2.26 bits per heavy atom. The summed E-state index contributed by atoms with van der Waals surface area (Å²) in [5, 5.41) is 0. The molecule has 1 saturated heterocycles. The second kappa shape index (κ2) is 6.00. The molecule has 19 heavy (non-hydrogen) atoms. The minimum Gasteiger partial charge on any atom is -0.376 e. The van der Waals surface area contributed by atoms with E-state index in [0.717, 1.165) is 6.42 Å². The molecular formula is C17H18O2. The lowest BCUT2D eigenvalue weighted by molar-refractivity contribution is -0.0901. The van der Waals surface area contributed by atoms with E-state index in [1.165, 1.54) is 16.7 Å². The van der Waals surface area contributed by atoms with Crippen LogP contribution >= 0.6 is 0 Å². The van der Waals surface area contributed by atoms with Crippen LogP contribution in [0.2, 0.25) is 0 Å². The minimum atomic E-state index is 0.0968. The summed E-state index contributed by atoms with van der Waals surface area (Å²) in [6.45, 7) is 2.07. The van der Waals surface area contributed by atoms with Crippen molar-refractivity contribution < 1.29 is 9.47 Å². The second-order valence-electron chi connectivity index (χ2n) is 4.84. The first-order chi connectivity index (χ1) is 9.42. The maximum Gasteiger partial charge on any atom is 0.106 e. The lowest BCUT2D eigenvalue weighted by Gasteiger charge is -2.23. The minimum absolute atomic E-state index is 0.0968. The van der Waals surface area contributed by atoms with Crippen molar-refractivity contribution in [2.75, 3.05) is 19.8 Å². The van der Waals surface area contributed by atoms with Gasteiger partial charge in [0.2, 0.25) is 0 Å². The van der Waals surface area contributed by atoms with Crippen molar-refractivity contribution >= 4 is 0 Å². The average molecular weight is 254 g/mol. The molecule has 1 aliphatic heterocycles. The van der Waals surface area contributed by atoms with Gasteiger partial charge in [0.05, 0.1) is 19.8 Å². The van der Waals surface area contributed by atoms with Gasteiger partial charge < -0.3 is 9.47 Å². The van der Waals surface area contributed by atoms with Gasteiger partial charge in [0.25, 0.3) is 0 Å². The lowest BCUT2D eigenvalue weighted by Crippen LogP contribution is -2.21. The fourth-order valence-electron chi connectivity index (χ4n) is 2.36. The highest BCUT2D eigenvalue weighted by molar-refractivity contribution is 5.29. The molecule has 0 N–H and O–H groups in total. The predicted molar refractivity (Wildman–Crippen MR) is 75.2 cm³/mol. The van der Waals surface area contributed by atoms with E-state index in [4.69, 9.17) is 9.47 Å². The molecule has 98 valence electrons. The molecule has 0 bridgehead atoms. The van der Waals surface area contributed by atoms with Crippen LogP contribution in [-0.4, -0.2) is 19.8 Å². The highest BCUT2D eigenvalue weighted by atomic mass is 16.6. The maximum atomic E-state index is 5.70. The van der Waals surface area contributed by atoms with E-state index in [1.807, 2.05) is 6.07 Å². The monoisotopic (exact) mass is 254 g/mol. The Kier molecular flexibility index (Phi) is 3.92. The summed E-state index contributed by atoms with van der Waals surface area (Å²) in [5.41, 5.74) is 3.87. The number of hydrogen-bond donors (Lipinski definition) is 0. The van der Waals surface area contributed by atoms with E-state index in [2.05, 4.69) is 48.5 Å². The van der Waals surface area contributed by atoms with Crippen molar-refractivity contribution in [3.8, 4) is 0 Å². The number of rotatable bonds is 3. The summed E-state index contributed by atoms with van der Waals surface area (Å²) in [5.74, 6) is 0. The van der Waals surface area contributed by atoms with Gasteiger partial charge in [-0.05, 0) is 23.1 Å². The quantitative estimate of drug-likeness (QED) is 0.836. The Morgan fingerprint density at radius 2 is 1.58 bits per heavy atom. The van der Waals surface area contributed by atoms with E-state index in [9.17, 15) is 0 Å².